The Morgan fingerprint density at radius 2 is 2.18 bits per heavy atom. The number of carbonyl (C=O) groups excluding carboxylic acids is 1. The molecule has 0 saturated heterocycles. The second-order valence-electron chi connectivity index (χ2n) is 5.79. The number of aliphatic carboxylic acids is 1. The van der Waals surface area contributed by atoms with Gasteiger partial charge in [-0.1, -0.05) is 0 Å². The van der Waals surface area contributed by atoms with Crippen LogP contribution in [0.5, 0.6) is 0 Å². The molecule has 2 heterocycles. The van der Waals surface area contributed by atoms with Crippen LogP contribution in [0.2, 0.25) is 0 Å². The van der Waals surface area contributed by atoms with Crippen LogP contribution in [0.25, 0.3) is 11.3 Å². The molecule has 0 atom stereocenters. The number of carboxylic acids is 1. The quantitative estimate of drug-likeness (QED) is 0.762. The largest absolute Gasteiger partial charge is 0.481 e. The Morgan fingerprint density at radius 3 is 2.77 bits per heavy atom. The van der Waals surface area contributed by atoms with Gasteiger partial charge in [-0.3, -0.25) is 9.59 Å². The van der Waals surface area contributed by atoms with Crippen molar-refractivity contribution in [2.75, 3.05) is 0 Å². The van der Waals surface area contributed by atoms with Crippen molar-refractivity contribution >= 4 is 23.2 Å². The smallest absolute Gasteiger partial charge is 0.303 e. The van der Waals surface area contributed by atoms with E-state index in [1.54, 1.807) is 23.6 Å². The van der Waals surface area contributed by atoms with Crippen molar-refractivity contribution in [1.29, 1.82) is 0 Å². The summed E-state index contributed by atoms with van der Waals surface area (Å²) in [5.41, 5.74) is 1.54. The van der Waals surface area contributed by atoms with E-state index in [1.165, 1.54) is 0 Å². The molecule has 7 heteroatoms. The van der Waals surface area contributed by atoms with Gasteiger partial charge in [-0.25, -0.2) is 4.98 Å². The molecule has 0 aliphatic carbocycles. The Kier molecular flexibility index (Phi) is 4.65. The Morgan fingerprint density at radius 1 is 1.45 bits per heavy atom. The van der Waals surface area contributed by atoms with Gasteiger partial charge in [0.05, 0.1) is 10.7 Å². The third-order valence-electron chi connectivity index (χ3n) is 3.26. The van der Waals surface area contributed by atoms with Crippen LogP contribution in [0.3, 0.4) is 0 Å². The number of hydrogen-bond acceptors (Lipinski definition) is 4. The third kappa shape index (κ3) is 4.17. The van der Waals surface area contributed by atoms with E-state index in [0.29, 0.717) is 12.1 Å². The highest BCUT2D eigenvalue weighted by Gasteiger charge is 2.23. The Balaban J connectivity index is 2.04. The molecule has 0 aliphatic rings. The molecule has 2 rings (SSSR count). The standard InChI is InChI=1S/C15H19N3O3S/c1-9-17-12(8-22-9)10-6-11(16-7-10)14(21)18-15(2,3)5-4-13(19)20/h6-8,16H,4-5H2,1-3H3,(H,18,21)(H,19,20). The van der Waals surface area contributed by atoms with Crippen molar-refractivity contribution in [3.8, 4) is 11.3 Å². The van der Waals surface area contributed by atoms with Gasteiger partial charge in [0, 0.05) is 29.1 Å². The maximum atomic E-state index is 12.2. The number of thiazole rings is 1. The number of hydrogen-bond donors (Lipinski definition) is 3. The normalized spacial score (nSPS) is 11.4. The Hall–Kier alpha value is -2.15. The Bertz CT molecular complexity index is 688. The molecular weight excluding hydrogens is 302 g/mol. The molecule has 6 nitrogen and oxygen atoms in total. The number of rotatable bonds is 6. The number of H-pyrrole nitrogens is 1. The number of carboxylic acid groups (broad SMARTS) is 1. The number of aryl methyl sites for hydroxylation is 1. The predicted octanol–water partition coefficient (Wildman–Crippen LogP) is 2.82. The molecule has 0 saturated carbocycles. The first kappa shape index (κ1) is 16.2. The maximum Gasteiger partial charge on any atom is 0.303 e. The molecule has 22 heavy (non-hydrogen) atoms. The predicted molar refractivity (Wildman–Crippen MR) is 85.1 cm³/mol. The van der Waals surface area contributed by atoms with Crippen molar-refractivity contribution in [3.63, 3.8) is 0 Å². The fraction of sp³-hybridized carbons (Fsp3) is 0.400. The van der Waals surface area contributed by atoms with Gasteiger partial charge >= 0.3 is 5.97 Å². The van der Waals surface area contributed by atoms with Gasteiger partial charge in [-0.15, -0.1) is 11.3 Å². The zero-order chi connectivity index (χ0) is 16.3. The van der Waals surface area contributed by atoms with E-state index >= 15 is 0 Å². The lowest BCUT2D eigenvalue weighted by Gasteiger charge is -2.25. The lowest BCUT2D eigenvalue weighted by Crippen LogP contribution is -2.43. The fourth-order valence-electron chi connectivity index (χ4n) is 2.03. The monoisotopic (exact) mass is 321 g/mol. The van der Waals surface area contributed by atoms with E-state index in [-0.39, 0.29) is 12.3 Å². The van der Waals surface area contributed by atoms with E-state index in [0.717, 1.165) is 16.3 Å². The molecule has 118 valence electrons. The summed E-state index contributed by atoms with van der Waals surface area (Å²) in [6.45, 7) is 5.54. The zero-order valence-electron chi connectivity index (χ0n) is 12.8. The second-order valence-corrected chi connectivity index (χ2v) is 6.85. The summed E-state index contributed by atoms with van der Waals surface area (Å²) in [4.78, 5) is 30.2. The lowest BCUT2D eigenvalue weighted by molar-refractivity contribution is -0.137. The zero-order valence-corrected chi connectivity index (χ0v) is 13.6. The molecule has 0 fully saturated rings. The highest BCUT2D eigenvalue weighted by atomic mass is 32.1. The van der Waals surface area contributed by atoms with Gasteiger partial charge in [0.1, 0.15) is 5.69 Å². The number of carbonyl (C=O) groups is 2. The van der Waals surface area contributed by atoms with Crippen molar-refractivity contribution < 1.29 is 14.7 Å². The van der Waals surface area contributed by atoms with Crippen molar-refractivity contribution in [2.24, 2.45) is 0 Å². The molecule has 2 aromatic heterocycles. The minimum absolute atomic E-state index is 0.0152. The highest BCUT2D eigenvalue weighted by molar-refractivity contribution is 7.09. The topological polar surface area (TPSA) is 95.1 Å². The van der Waals surface area contributed by atoms with E-state index in [4.69, 9.17) is 5.11 Å². The van der Waals surface area contributed by atoms with Gasteiger partial charge in [0.2, 0.25) is 0 Å². The number of aromatic nitrogens is 2. The highest BCUT2D eigenvalue weighted by Crippen LogP contribution is 2.22. The summed E-state index contributed by atoms with van der Waals surface area (Å²) in [6, 6.07) is 1.75. The molecule has 0 unspecified atom stereocenters. The van der Waals surface area contributed by atoms with Gasteiger partial charge in [0.15, 0.2) is 0 Å². The number of nitrogens with one attached hydrogen (secondary N) is 2. The van der Waals surface area contributed by atoms with Crippen LogP contribution in [0.15, 0.2) is 17.6 Å². The van der Waals surface area contributed by atoms with Gasteiger partial charge in [-0.2, -0.15) is 0 Å². The molecular formula is C15H19N3O3S. The molecule has 0 bridgehead atoms. The SMILES string of the molecule is Cc1nc(-c2c[nH]c(C(=O)NC(C)(C)CCC(=O)O)c2)cs1. The summed E-state index contributed by atoms with van der Waals surface area (Å²) >= 11 is 1.56. The molecule has 3 N–H and O–H groups in total. The second kappa shape index (κ2) is 6.31. The molecule has 0 aliphatic heterocycles. The van der Waals surface area contributed by atoms with Crippen LogP contribution in [0.1, 0.15) is 42.2 Å². The Labute approximate surface area is 132 Å². The summed E-state index contributed by atoms with van der Waals surface area (Å²) < 4.78 is 0. The van der Waals surface area contributed by atoms with Crippen molar-refractivity contribution in [1.82, 2.24) is 15.3 Å². The fourth-order valence-corrected chi connectivity index (χ4v) is 2.65. The summed E-state index contributed by atoms with van der Waals surface area (Å²) in [7, 11) is 0. The molecule has 0 radical (unpaired) electrons. The summed E-state index contributed by atoms with van der Waals surface area (Å²) in [6.07, 6.45) is 2.13. The first-order valence-corrected chi connectivity index (χ1v) is 7.80. The van der Waals surface area contributed by atoms with Crippen LogP contribution in [-0.2, 0) is 4.79 Å². The van der Waals surface area contributed by atoms with Crippen LogP contribution in [0.4, 0.5) is 0 Å². The van der Waals surface area contributed by atoms with Crippen LogP contribution >= 0.6 is 11.3 Å². The van der Waals surface area contributed by atoms with Crippen molar-refractivity contribution in [3.05, 3.63) is 28.3 Å². The third-order valence-corrected chi connectivity index (χ3v) is 4.03. The van der Waals surface area contributed by atoms with Crippen LogP contribution in [-0.4, -0.2) is 32.5 Å². The average Bonchev–Trinajstić information content (AvgIpc) is 3.04. The minimum Gasteiger partial charge on any atom is -0.481 e. The van der Waals surface area contributed by atoms with Gasteiger partial charge < -0.3 is 15.4 Å². The molecule has 1 amide bonds. The lowest BCUT2D eigenvalue weighted by atomic mass is 9.98. The summed E-state index contributed by atoms with van der Waals surface area (Å²) in [5.74, 6) is -1.13. The number of amides is 1. The van der Waals surface area contributed by atoms with E-state index < -0.39 is 11.5 Å². The van der Waals surface area contributed by atoms with Crippen molar-refractivity contribution in [2.45, 2.75) is 39.2 Å². The molecule has 2 aromatic rings. The number of nitrogens with zero attached hydrogens (tertiary/aromatic N) is 1. The van der Waals surface area contributed by atoms with Gasteiger partial charge in [-0.05, 0) is 33.3 Å². The number of aromatic amines is 1. The van der Waals surface area contributed by atoms with E-state index in [9.17, 15) is 9.59 Å². The first-order valence-electron chi connectivity index (χ1n) is 6.92. The molecule has 0 aromatic carbocycles. The average molecular weight is 321 g/mol. The first-order chi connectivity index (χ1) is 10.3. The van der Waals surface area contributed by atoms with E-state index in [1.807, 2.05) is 26.2 Å². The van der Waals surface area contributed by atoms with Crippen LogP contribution < -0.4 is 5.32 Å². The van der Waals surface area contributed by atoms with Crippen LogP contribution in [0, 0.1) is 6.92 Å². The van der Waals surface area contributed by atoms with Gasteiger partial charge in [0.25, 0.3) is 5.91 Å². The maximum absolute atomic E-state index is 12.2. The van der Waals surface area contributed by atoms with E-state index in [2.05, 4.69) is 15.3 Å². The summed E-state index contributed by atoms with van der Waals surface area (Å²) in [5, 5.41) is 14.5. The molecule has 0 spiro atoms. The minimum atomic E-state index is -0.872.